The van der Waals surface area contributed by atoms with Crippen LogP contribution in [0.5, 0.6) is 0 Å². The van der Waals surface area contributed by atoms with E-state index in [9.17, 15) is 17.6 Å². The fourth-order valence-electron chi connectivity index (χ4n) is 4.64. The first-order chi connectivity index (χ1) is 16.3. The third kappa shape index (κ3) is 6.36. The zero-order valence-corrected chi connectivity index (χ0v) is 20.8. The Kier molecular flexibility index (Phi) is 8.24. The van der Waals surface area contributed by atoms with Crippen molar-refractivity contribution < 1.29 is 17.6 Å². The van der Waals surface area contributed by atoms with Gasteiger partial charge in [0.15, 0.2) is 0 Å². The average molecular weight is 508 g/mol. The van der Waals surface area contributed by atoms with Crippen molar-refractivity contribution in [3.05, 3.63) is 70.0 Å². The maximum atomic E-state index is 14.0. The number of amides is 1. The number of halogens is 2. The van der Waals surface area contributed by atoms with Crippen molar-refractivity contribution in [2.24, 2.45) is 5.92 Å². The standard InChI is InChI=1S/C25H31ClFN3O3S/c26-23-4-3-5-24(27)22(23)18-34(32,33)30-14-10-21(11-15-30)25(31)28-16-19-6-8-20(9-7-19)17-29-12-1-2-13-29/h3-9,21H,1-2,10-18H2,(H,28,31). The number of sulfonamides is 1. The number of nitrogens with zero attached hydrogens (tertiary/aromatic N) is 2. The summed E-state index contributed by atoms with van der Waals surface area (Å²) >= 11 is 5.99. The molecule has 0 spiro atoms. The van der Waals surface area contributed by atoms with E-state index in [4.69, 9.17) is 11.6 Å². The van der Waals surface area contributed by atoms with Gasteiger partial charge in [-0.1, -0.05) is 41.9 Å². The summed E-state index contributed by atoms with van der Waals surface area (Å²) in [5.41, 5.74) is 2.30. The second-order valence-electron chi connectivity index (χ2n) is 9.15. The van der Waals surface area contributed by atoms with Crippen molar-refractivity contribution in [1.82, 2.24) is 14.5 Å². The molecule has 4 rings (SSSR count). The quantitative estimate of drug-likeness (QED) is 0.587. The molecule has 34 heavy (non-hydrogen) atoms. The summed E-state index contributed by atoms with van der Waals surface area (Å²) in [6, 6.07) is 12.5. The van der Waals surface area contributed by atoms with Gasteiger partial charge in [0, 0.05) is 42.7 Å². The molecule has 0 unspecified atom stereocenters. The number of benzene rings is 2. The SMILES string of the molecule is O=C(NCc1ccc(CN2CCCC2)cc1)C1CCN(S(=O)(=O)Cc2c(F)cccc2Cl)CC1. The Morgan fingerprint density at radius 2 is 1.65 bits per heavy atom. The number of piperidine rings is 1. The smallest absolute Gasteiger partial charge is 0.223 e. The summed E-state index contributed by atoms with van der Waals surface area (Å²) in [6.07, 6.45) is 3.42. The summed E-state index contributed by atoms with van der Waals surface area (Å²) in [5, 5.41) is 3.08. The zero-order chi connectivity index (χ0) is 24.1. The number of carbonyl (C=O) groups excluding carboxylic acids is 1. The minimum atomic E-state index is -3.73. The molecule has 0 aromatic heterocycles. The number of likely N-dealkylation sites (tertiary alicyclic amines) is 1. The van der Waals surface area contributed by atoms with Crippen LogP contribution in [-0.2, 0) is 33.7 Å². The fraction of sp³-hybridized carbons (Fsp3) is 0.480. The van der Waals surface area contributed by atoms with Crippen LogP contribution in [0.25, 0.3) is 0 Å². The molecule has 2 aliphatic heterocycles. The molecule has 2 aromatic carbocycles. The Morgan fingerprint density at radius 3 is 2.29 bits per heavy atom. The number of hydrogen-bond acceptors (Lipinski definition) is 4. The predicted molar refractivity (Wildman–Crippen MR) is 131 cm³/mol. The molecule has 6 nitrogen and oxygen atoms in total. The second-order valence-corrected chi connectivity index (χ2v) is 11.5. The van der Waals surface area contributed by atoms with E-state index in [2.05, 4.69) is 34.5 Å². The number of rotatable bonds is 8. The van der Waals surface area contributed by atoms with E-state index in [-0.39, 0.29) is 35.5 Å². The molecule has 0 bridgehead atoms. The van der Waals surface area contributed by atoms with Gasteiger partial charge in [0.1, 0.15) is 5.82 Å². The van der Waals surface area contributed by atoms with E-state index in [1.165, 1.54) is 40.9 Å². The van der Waals surface area contributed by atoms with Gasteiger partial charge in [-0.25, -0.2) is 17.1 Å². The minimum Gasteiger partial charge on any atom is -0.352 e. The molecule has 2 aliphatic rings. The number of nitrogens with one attached hydrogen (secondary N) is 1. The molecule has 0 atom stereocenters. The average Bonchev–Trinajstić information content (AvgIpc) is 3.34. The van der Waals surface area contributed by atoms with E-state index in [1.54, 1.807) is 0 Å². The highest BCUT2D eigenvalue weighted by Gasteiger charge is 2.32. The van der Waals surface area contributed by atoms with Crippen LogP contribution in [0.1, 0.15) is 42.4 Å². The lowest BCUT2D eigenvalue weighted by Crippen LogP contribution is -2.43. The van der Waals surface area contributed by atoms with Crippen molar-refractivity contribution in [2.75, 3.05) is 26.2 Å². The molecule has 2 heterocycles. The second kappa shape index (κ2) is 11.2. The van der Waals surface area contributed by atoms with E-state index in [1.807, 2.05) is 0 Å². The molecule has 0 aliphatic carbocycles. The molecule has 9 heteroatoms. The summed E-state index contributed by atoms with van der Waals surface area (Å²) in [5.74, 6) is -1.41. The number of carbonyl (C=O) groups is 1. The highest BCUT2D eigenvalue weighted by molar-refractivity contribution is 7.88. The summed E-state index contributed by atoms with van der Waals surface area (Å²) in [7, 11) is -3.73. The first-order valence-electron chi connectivity index (χ1n) is 11.8. The molecular formula is C25H31ClFN3O3S. The summed E-state index contributed by atoms with van der Waals surface area (Å²) < 4.78 is 40.9. The van der Waals surface area contributed by atoms with Gasteiger partial charge in [-0.15, -0.1) is 0 Å². The van der Waals surface area contributed by atoms with Crippen LogP contribution >= 0.6 is 11.6 Å². The van der Waals surface area contributed by atoms with E-state index >= 15 is 0 Å². The first-order valence-corrected chi connectivity index (χ1v) is 13.8. The van der Waals surface area contributed by atoms with Crippen LogP contribution in [0, 0.1) is 11.7 Å². The van der Waals surface area contributed by atoms with Gasteiger partial charge in [0.05, 0.1) is 5.75 Å². The van der Waals surface area contributed by atoms with Gasteiger partial charge in [-0.3, -0.25) is 9.69 Å². The Hall–Kier alpha value is -2.00. The normalized spacial score (nSPS) is 18.3. The van der Waals surface area contributed by atoms with Gasteiger partial charge in [-0.2, -0.15) is 0 Å². The Bertz CT molecular complexity index is 1080. The highest BCUT2D eigenvalue weighted by Crippen LogP contribution is 2.26. The Balaban J connectivity index is 1.24. The lowest BCUT2D eigenvalue weighted by Gasteiger charge is -2.30. The van der Waals surface area contributed by atoms with Crippen LogP contribution in [0.4, 0.5) is 4.39 Å². The van der Waals surface area contributed by atoms with Crippen LogP contribution in [0.15, 0.2) is 42.5 Å². The molecule has 0 saturated carbocycles. The van der Waals surface area contributed by atoms with Gasteiger partial charge >= 0.3 is 0 Å². The maximum Gasteiger partial charge on any atom is 0.223 e. The van der Waals surface area contributed by atoms with Crippen LogP contribution < -0.4 is 5.32 Å². The molecule has 184 valence electrons. The Labute approximate surface area is 206 Å². The molecule has 2 saturated heterocycles. The van der Waals surface area contributed by atoms with E-state index in [0.29, 0.717) is 19.4 Å². The van der Waals surface area contributed by atoms with Gasteiger partial charge in [-0.05, 0) is 62.0 Å². The van der Waals surface area contributed by atoms with Crippen molar-refractivity contribution in [3.63, 3.8) is 0 Å². The third-order valence-electron chi connectivity index (χ3n) is 6.70. The van der Waals surface area contributed by atoms with Crippen LogP contribution in [0.2, 0.25) is 5.02 Å². The highest BCUT2D eigenvalue weighted by atomic mass is 35.5. The van der Waals surface area contributed by atoms with Crippen LogP contribution in [-0.4, -0.2) is 49.7 Å². The lowest BCUT2D eigenvalue weighted by molar-refractivity contribution is -0.126. The number of hydrogen-bond donors (Lipinski definition) is 1. The predicted octanol–water partition coefficient (Wildman–Crippen LogP) is 3.93. The molecule has 2 fully saturated rings. The topological polar surface area (TPSA) is 69.7 Å². The van der Waals surface area contributed by atoms with Gasteiger partial charge < -0.3 is 5.32 Å². The molecule has 1 N–H and O–H groups in total. The molecule has 0 radical (unpaired) electrons. The van der Waals surface area contributed by atoms with Gasteiger partial charge in [0.25, 0.3) is 0 Å². The van der Waals surface area contributed by atoms with Gasteiger partial charge in [0.2, 0.25) is 15.9 Å². The summed E-state index contributed by atoms with van der Waals surface area (Å²) in [6.45, 7) is 4.21. The summed E-state index contributed by atoms with van der Waals surface area (Å²) in [4.78, 5) is 15.1. The maximum absolute atomic E-state index is 14.0. The van der Waals surface area contributed by atoms with Crippen molar-refractivity contribution >= 4 is 27.5 Å². The first kappa shape index (κ1) is 25.1. The largest absolute Gasteiger partial charge is 0.352 e. The molecule has 2 aromatic rings. The van der Waals surface area contributed by atoms with Crippen molar-refractivity contribution in [2.45, 2.75) is 44.5 Å². The monoisotopic (exact) mass is 507 g/mol. The zero-order valence-electron chi connectivity index (χ0n) is 19.2. The molecular weight excluding hydrogens is 477 g/mol. The Morgan fingerprint density at radius 1 is 1.00 bits per heavy atom. The fourth-order valence-corrected chi connectivity index (χ4v) is 6.55. The van der Waals surface area contributed by atoms with E-state index < -0.39 is 21.6 Å². The van der Waals surface area contributed by atoms with Crippen LogP contribution in [0.3, 0.4) is 0 Å². The molecule has 1 amide bonds. The van der Waals surface area contributed by atoms with E-state index in [0.717, 1.165) is 25.2 Å². The lowest BCUT2D eigenvalue weighted by atomic mass is 9.97. The van der Waals surface area contributed by atoms with Crippen molar-refractivity contribution in [1.29, 1.82) is 0 Å². The third-order valence-corrected chi connectivity index (χ3v) is 8.86. The minimum absolute atomic E-state index is 0.0181. The van der Waals surface area contributed by atoms with Crippen molar-refractivity contribution in [3.8, 4) is 0 Å².